The Hall–Kier alpha value is -6.89. The number of benzene rings is 8. The highest BCUT2D eigenvalue weighted by Gasteiger charge is 2.30. The first kappa shape index (κ1) is 28.8. The summed E-state index contributed by atoms with van der Waals surface area (Å²) in [5.74, 6) is 1.77. The first-order chi connectivity index (χ1) is 26.3. The van der Waals surface area contributed by atoms with E-state index in [1.54, 1.807) is 11.3 Å². The average Bonchev–Trinajstić information content (AvgIpc) is 3.79. The van der Waals surface area contributed by atoms with Crippen molar-refractivity contribution in [3.8, 4) is 33.9 Å². The molecule has 0 fully saturated rings. The van der Waals surface area contributed by atoms with Gasteiger partial charge in [-0.1, -0.05) is 121 Å². The molecule has 0 aliphatic carbocycles. The number of aromatic nitrogens is 3. The predicted molar refractivity (Wildman–Crippen MR) is 220 cm³/mol. The van der Waals surface area contributed by atoms with Gasteiger partial charge in [0.25, 0.3) is 0 Å². The van der Waals surface area contributed by atoms with Crippen molar-refractivity contribution in [2.75, 3.05) is 4.90 Å². The van der Waals surface area contributed by atoms with Crippen LogP contribution in [0.15, 0.2) is 162 Å². The van der Waals surface area contributed by atoms with Crippen LogP contribution >= 0.6 is 11.3 Å². The first-order valence-electron chi connectivity index (χ1n) is 17.7. The highest BCUT2D eigenvalue weighted by atomic mass is 32.1. The summed E-state index contributed by atoms with van der Waals surface area (Å²) in [5, 5.41) is 9.22. The molecule has 5 nitrogen and oxygen atoms in total. The number of para-hydroxylation sites is 1. The molecule has 53 heavy (non-hydrogen) atoms. The topological polar surface area (TPSA) is 55.1 Å². The van der Waals surface area contributed by atoms with Gasteiger partial charge in [0.2, 0.25) is 5.95 Å². The van der Waals surface area contributed by atoms with Gasteiger partial charge in [0.1, 0.15) is 11.2 Å². The van der Waals surface area contributed by atoms with E-state index < -0.39 is 0 Å². The zero-order chi connectivity index (χ0) is 34.6. The van der Waals surface area contributed by atoms with Crippen LogP contribution in [-0.2, 0) is 0 Å². The van der Waals surface area contributed by atoms with Crippen LogP contribution in [0.3, 0.4) is 0 Å². The Labute approximate surface area is 307 Å². The fraction of sp³-hybridized carbons (Fsp3) is 0. The van der Waals surface area contributed by atoms with E-state index in [2.05, 4.69) is 144 Å². The fourth-order valence-electron chi connectivity index (χ4n) is 8.28. The molecule has 11 aromatic rings. The Bertz CT molecular complexity index is 3320. The van der Waals surface area contributed by atoms with Crippen LogP contribution in [0.2, 0.25) is 0 Å². The molecular formula is C47H26N4OS. The summed E-state index contributed by atoms with van der Waals surface area (Å²) in [6.45, 7) is 0. The summed E-state index contributed by atoms with van der Waals surface area (Å²) >= 11 is 1.78. The summed E-state index contributed by atoms with van der Waals surface area (Å²) in [4.78, 5) is 18.3. The molecule has 0 saturated carbocycles. The van der Waals surface area contributed by atoms with Gasteiger partial charge in [0, 0.05) is 58.4 Å². The van der Waals surface area contributed by atoms with Crippen molar-refractivity contribution in [1.29, 1.82) is 0 Å². The molecule has 0 bridgehead atoms. The number of hydrogen-bond donors (Lipinski definition) is 0. The summed E-state index contributed by atoms with van der Waals surface area (Å²) in [6.07, 6.45) is 0. The van der Waals surface area contributed by atoms with Crippen molar-refractivity contribution in [1.82, 2.24) is 15.0 Å². The van der Waals surface area contributed by atoms with E-state index >= 15 is 0 Å². The minimum atomic E-state index is 0.562. The Morgan fingerprint density at radius 3 is 2.13 bits per heavy atom. The number of rotatable bonds is 3. The van der Waals surface area contributed by atoms with Gasteiger partial charge >= 0.3 is 0 Å². The fourth-order valence-corrected chi connectivity index (χ4v) is 9.49. The van der Waals surface area contributed by atoms with Crippen molar-refractivity contribution >= 4 is 92.3 Å². The van der Waals surface area contributed by atoms with E-state index in [9.17, 15) is 0 Å². The second-order valence-corrected chi connectivity index (χ2v) is 14.6. The van der Waals surface area contributed by atoms with Crippen molar-refractivity contribution in [2.45, 2.75) is 0 Å². The van der Waals surface area contributed by atoms with Gasteiger partial charge in [-0.2, -0.15) is 9.97 Å². The lowest BCUT2D eigenvalue weighted by Crippen LogP contribution is -2.19. The van der Waals surface area contributed by atoms with E-state index in [1.165, 1.54) is 31.8 Å². The molecule has 0 atom stereocenters. The molecule has 0 amide bonds. The molecule has 1 aliphatic heterocycles. The Balaban J connectivity index is 1.18. The van der Waals surface area contributed by atoms with Gasteiger partial charge in [-0.3, -0.25) is 4.90 Å². The zero-order valence-electron chi connectivity index (χ0n) is 28.1. The smallest absolute Gasteiger partial charge is 0.238 e. The largest absolute Gasteiger partial charge is 0.456 e. The average molecular weight is 695 g/mol. The van der Waals surface area contributed by atoms with Gasteiger partial charge in [-0.15, -0.1) is 11.3 Å². The minimum absolute atomic E-state index is 0.562. The summed E-state index contributed by atoms with van der Waals surface area (Å²) in [5.41, 5.74) is 7.94. The van der Waals surface area contributed by atoms with E-state index in [4.69, 9.17) is 19.4 Å². The van der Waals surface area contributed by atoms with E-state index in [1.807, 2.05) is 18.2 Å². The summed E-state index contributed by atoms with van der Waals surface area (Å²) < 4.78 is 8.75. The van der Waals surface area contributed by atoms with E-state index in [0.717, 1.165) is 65.5 Å². The van der Waals surface area contributed by atoms with Crippen LogP contribution in [0.4, 0.5) is 17.3 Å². The lowest BCUT2D eigenvalue weighted by atomic mass is 9.89. The Morgan fingerprint density at radius 1 is 0.472 bits per heavy atom. The number of anilines is 3. The van der Waals surface area contributed by atoms with Gasteiger partial charge in [-0.05, 0) is 52.7 Å². The van der Waals surface area contributed by atoms with Crippen LogP contribution in [0.1, 0.15) is 0 Å². The maximum Gasteiger partial charge on any atom is 0.238 e. The molecule has 246 valence electrons. The highest BCUT2D eigenvalue weighted by Crippen LogP contribution is 2.53. The lowest BCUT2D eigenvalue weighted by molar-refractivity contribution is 0.669. The first-order valence-corrected chi connectivity index (χ1v) is 18.5. The van der Waals surface area contributed by atoms with Crippen LogP contribution in [0, 0.1) is 0 Å². The molecule has 6 heteroatoms. The monoisotopic (exact) mass is 694 g/mol. The molecule has 0 saturated heterocycles. The second kappa shape index (κ2) is 10.8. The summed E-state index contributed by atoms with van der Waals surface area (Å²) in [6, 6.07) is 55.5. The number of hydrogen-bond acceptors (Lipinski definition) is 6. The Morgan fingerprint density at radius 2 is 1.19 bits per heavy atom. The number of fused-ring (bicyclic) bond motifs is 10. The van der Waals surface area contributed by atoms with Crippen LogP contribution in [0.25, 0.3) is 97.6 Å². The molecule has 8 aromatic carbocycles. The molecule has 3 aromatic heterocycles. The minimum Gasteiger partial charge on any atom is -0.456 e. The number of thiophene rings is 1. The Kier molecular flexibility index (Phi) is 5.87. The van der Waals surface area contributed by atoms with E-state index in [0.29, 0.717) is 17.6 Å². The molecule has 0 spiro atoms. The van der Waals surface area contributed by atoms with E-state index in [-0.39, 0.29) is 0 Å². The molecule has 1 aliphatic rings. The SMILES string of the molecule is c1ccc2c3c(ccc2c1)-c1cccc2cccc(c12)N3c1nc(-c2ccc3c(c2)oc2ccccc23)nc(-c2cccc3c2sc2ccccc23)n1. The maximum atomic E-state index is 6.36. The van der Waals surface area contributed by atoms with Crippen LogP contribution < -0.4 is 4.90 Å². The molecule has 12 rings (SSSR count). The predicted octanol–water partition coefficient (Wildman–Crippen LogP) is 13.2. The molecular weight excluding hydrogens is 669 g/mol. The highest BCUT2D eigenvalue weighted by molar-refractivity contribution is 7.26. The van der Waals surface area contributed by atoms with Gasteiger partial charge in [-0.25, -0.2) is 4.98 Å². The molecule has 0 unspecified atom stereocenters. The summed E-state index contributed by atoms with van der Waals surface area (Å²) in [7, 11) is 0. The van der Waals surface area contributed by atoms with Crippen molar-refractivity contribution in [2.24, 2.45) is 0 Å². The normalized spacial score (nSPS) is 12.5. The van der Waals surface area contributed by atoms with Crippen molar-refractivity contribution < 1.29 is 4.42 Å². The van der Waals surface area contributed by atoms with Crippen molar-refractivity contribution in [3.05, 3.63) is 158 Å². The van der Waals surface area contributed by atoms with Crippen molar-refractivity contribution in [3.63, 3.8) is 0 Å². The molecule has 0 N–H and O–H groups in total. The van der Waals surface area contributed by atoms with Gasteiger partial charge < -0.3 is 4.42 Å². The lowest BCUT2D eigenvalue weighted by Gasteiger charge is -2.33. The van der Waals surface area contributed by atoms with Crippen LogP contribution in [-0.4, -0.2) is 15.0 Å². The second-order valence-electron chi connectivity index (χ2n) is 13.6. The molecule has 0 radical (unpaired) electrons. The van der Waals surface area contributed by atoms with Gasteiger partial charge in [0.15, 0.2) is 11.6 Å². The maximum absolute atomic E-state index is 6.36. The third-order valence-electron chi connectivity index (χ3n) is 10.6. The zero-order valence-corrected chi connectivity index (χ0v) is 28.9. The standard InChI is InChI=1S/C47H26N4OS/c1-2-13-30-27(10-1)22-25-35-34-16-7-11-28-12-8-19-38(42(28)34)51(43(30)35)47-49-45(29-23-24-32-31-14-3-5-20-39(31)52-40(32)26-29)48-46(50-47)37-18-9-17-36-33-15-4-6-21-41(33)53-44(36)37/h1-26H. The number of furan rings is 1. The molecule has 4 heterocycles. The third kappa shape index (κ3) is 4.15. The number of nitrogens with zero attached hydrogens (tertiary/aromatic N) is 4. The third-order valence-corrected chi connectivity index (χ3v) is 11.9. The quantitative estimate of drug-likeness (QED) is 0.184. The van der Waals surface area contributed by atoms with Crippen LogP contribution in [0.5, 0.6) is 0 Å². The van der Waals surface area contributed by atoms with Gasteiger partial charge in [0.05, 0.1) is 11.4 Å².